The third-order valence-electron chi connectivity index (χ3n) is 1.42. The molecule has 0 fully saturated rings. The summed E-state index contributed by atoms with van der Waals surface area (Å²) in [5.74, 6) is 0. The number of aryl methyl sites for hydroxylation is 1. The molecule has 0 bridgehead atoms. The van der Waals surface area contributed by atoms with Gasteiger partial charge < -0.3 is 4.98 Å². The van der Waals surface area contributed by atoms with E-state index < -0.39 is 0 Å². The molecule has 0 aliphatic carbocycles. The molecule has 2 heterocycles. The van der Waals surface area contributed by atoms with Gasteiger partial charge in [-0.1, -0.05) is 0 Å². The van der Waals surface area contributed by atoms with E-state index >= 15 is 0 Å². The van der Waals surface area contributed by atoms with Crippen LogP contribution in [0.15, 0.2) is 17.3 Å². The van der Waals surface area contributed by atoms with Gasteiger partial charge in [0.25, 0.3) is 5.56 Å². The Kier molecular flexibility index (Phi) is 1.06. The lowest BCUT2D eigenvalue weighted by atomic mass is 10.5. The number of nitrogens with zero attached hydrogens (tertiary/aromatic N) is 3. The summed E-state index contributed by atoms with van der Waals surface area (Å²) in [6, 6.07) is 0. The fraction of sp³-hybridized carbons (Fsp3) is 0.167. The van der Waals surface area contributed by atoms with Crippen LogP contribution in [0, 0.1) is 0 Å². The molecule has 0 aliphatic rings. The number of H-pyrrole nitrogens is 1. The van der Waals surface area contributed by atoms with Crippen LogP contribution in [-0.2, 0) is 7.05 Å². The largest absolute Gasteiger partial charge is 0.311 e. The van der Waals surface area contributed by atoms with E-state index in [4.69, 9.17) is 0 Å². The molecule has 0 saturated carbocycles. The predicted octanol–water partition coefficient (Wildman–Crippen LogP) is -0.343. The fourth-order valence-electron chi connectivity index (χ4n) is 0.961. The Bertz CT molecular complexity index is 441. The number of hydrogen-bond donors (Lipinski definition) is 1. The molecule has 2 aromatic heterocycles. The molecule has 11 heavy (non-hydrogen) atoms. The van der Waals surface area contributed by atoms with Crippen molar-refractivity contribution < 1.29 is 0 Å². The zero-order chi connectivity index (χ0) is 7.84. The summed E-state index contributed by atoms with van der Waals surface area (Å²) in [6.45, 7) is 0. The molecule has 0 saturated heterocycles. The van der Waals surface area contributed by atoms with E-state index in [1.54, 1.807) is 17.9 Å². The van der Waals surface area contributed by atoms with Gasteiger partial charge in [-0.05, 0) is 0 Å². The highest BCUT2D eigenvalue weighted by Crippen LogP contribution is 1.99. The van der Waals surface area contributed by atoms with E-state index in [1.807, 2.05) is 0 Å². The normalized spacial score (nSPS) is 10.6. The number of fused-ring (bicyclic) bond motifs is 1. The Morgan fingerprint density at radius 3 is 3.18 bits per heavy atom. The van der Waals surface area contributed by atoms with Gasteiger partial charge in [-0.25, -0.2) is 4.98 Å². The highest BCUT2D eigenvalue weighted by Gasteiger charge is 2.01. The lowest BCUT2D eigenvalue weighted by molar-refractivity contribution is 0.778. The van der Waals surface area contributed by atoms with Crippen molar-refractivity contribution in [3.8, 4) is 0 Å². The minimum absolute atomic E-state index is 0.199. The molecule has 0 atom stereocenters. The summed E-state index contributed by atoms with van der Waals surface area (Å²) >= 11 is 0. The van der Waals surface area contributed by atoms with Crippen molar-refractivity contribution in [2.24, 2.45) is 7.05 Å². The molecule has 2 aromatic rings. The molecular weight excluding hydrogens is 144 g/mol. The van der Waals surface area contributed by atoms with E-state index in [9.17, 15) is 4.79 Å². The predicted molar refractivity (Wildman–Crippen MR) is 39.1 cm³/mol. The highest BCUT2D eigenvalue weighted by molar-refractivity contribution is 5.71. The first-order chi connectivity index (χ1) is 5.27. The average molecular weight is 150 g/mol. The van der Waals surface area contributed by atoms with E-state index in [1.165, 1.54) is 6.33 Å². The standard InChI is InChI=1S/C6H6N4O/c1-10-2-4-5(9-10)6(11)8-3-7-4/h2-3H,1H3,(H,7,8,11). The molecule has 0 radical (unpaired) electrons. The van der Waals surface area contributed by atoms with Crippen LogP contribution in [0.25, 0.3) is 11.0 Å². The fourth-order valence-corrected chi connectivity index (χ4v) is 0.961. The molecule has 0 unspecified atom stereocenters. The Balaban J connectivity index is 3.02. The van der Waals surface area contributed by atoms with Gasteiger partial charge in [0.2, 0.25) is 0 Å². The number of aromatic nitrogens is 4. The quantitative estimate of drug-likeness (QED) is 0.558. The van der Waals surface area contributed by atoms with Crippen molar-refractivity contribution in [1.29, 1.82) is 0 Å². The van der Waals surface area contributed by atoms with Crippen molar-refractivity contribution in [2.45, 2.75) is 0 Å². The summed E-state index contributed by atoms with van der Waals surface area (Å²) in [6.07, 6.45) is 3.07. The second-order valence-electron chi connectivity index (χ2n) is 2.27. The third kappa shape index (κ3) is 0.813. The van der Waals surface area contributed by atoms with Crippen LogP contribution in [0.3, 0.4) is 0 Å². The first kappa shape index (κ1) is 6.09. The Hall–Kier alpha value is -1.65. The minimum Gasteiger partial charge on any atom is -0.311 e. The lowest BCUT2D eigenvalue weighted by Crippen LogP contribution is -2.05. The van der Waals surface area contributed by atoms with E-state index in [2.05, 4.69) is 15.1 Å². The van der Waals surface area contributed by atoms with Gasteiger partial charge in [-0.15, -0.1) is 0 Å². The van der Waals surface area contributed by atoms with Crippen LogP contribution in [0.4, 0.5) is 0 Å². The molecule has 2 rings (SSSR count). The van der Waals surface area contributed by atoms with Crippen molar-refractivity contribution in [1.82, 2.24) is 19.7 Å². The van der Waals surface area contributed by atoms with Gasteiger partial charge in [-0.3, -0.25) is 9.48 Å². The van der Waals surface area contributed by atoms with Gasteiger partial charge >= 0.3 is 0 Å². The highest BCUT2D eigenvalue weighted by atomic mass is 16.1. The van der Waals surface area contributed by atoms with Crippen LogP contribution >= 0.6 is 0 Å². The lowest BCUT2D eigenvalue weighted by Gasteiger charge is -1.81. The van der Waals surface area contributed by atoms with Crippen LogP contribution in [-0.4, -0.2) is 19.7 Å². The summed E-state index contributed by atoms with van der Waals surface area (Å²) in [7, 11) is 1.75. The van der Waals surface area contributed by atoms with Crippen LogP contribution in [0.5, 0.6) is 0 Å². The maximum Gasteiger partial charge on any atom is 0.279 e. The van der Waals surface area contributed by atoms with Gasteiger partial charge in [0.1, 0.15) is 5.52 Å². The van der Waals surface area contributed by atoms with E-state index in [0.29, 0.717) is 11.0 Å². The van der Waals surface area contributed by atoms with Gasteiger partial charge in [0.05, 0.1) is 12.5 Å². The monoisotopic (exact) mass is 150 g/mol. The molecule has 56 valence electrons. The molecule has 1 N–H and O–H groups in total. The van der Waals surface area contributed by atoms with E-state index in [-0.39, 0.29) is 5.56 Å². The summed E-state index contributed by atoms with van der Waals surface area (Å²) in [4.78, 5) is 17.4. The minimum atomic E-state index is -0.199. The summed E-state index contributed by atoms with van der Waals surface area (Å²) < 4.78 is 1.56. The SMILES string of the molecule is Cn1cc2nc[nH]c(=O)c2n1. The average Bonchev–Trinajstić information content (AvgIpc) is 2.31. The van der Waals surface area contributed by atoms with Crippen molar-refractivity contribution >= 4 is 11.0 Å². The van der Waals surface area contributed by atoms with Crippen LogP contribution < -0.4 is 5.56 Å². The Labute approximate surface area is 61.7 Å². The number of nitrogens with one attached hydrogen (secondary N) is 1. The van der Waals surface area contributed by atoms with Crippen molar-refractivity contribution in [3.05, 3.63) is 22.9 Å². The zero-order valence-electron chi connectivity index (χ0n) is 5.90. The van der Waals surface area contributed by atoms with Crippen molar-refractivity contribution in [3.63, 3.8) is 0 Å². The maximum absolute atomic E-state index is 11.0. The van der Waals surface area contributed by atoms with E-state index in [0.717, 1.165) is 0 Å². The first-order valence-electron chi connectivity index (χ1n) is 3.14. The van der Waals surface area contributed by atoms with Crippen molar-refractivity contribution in [2.75, 3.05) is 0 Å². The Morgan fingerprint density at radius 2 is 2.45 bits per heavy atom. The molecule has 0 aliphatic heterocycles. The van der Waals surface area contributed by atoms with Crippen LogP contribution in [0.2, 0.25) is 0 Å². The maximum atomic E-state index is 11.0. The van der Waals surface area contributed by atoms with Gasteiger partial charge in [0.15, 0.2) is 5.52 Å². The molecule has 0 spiro atoms. The number of hydrogen-bond acceptors (Lipinski definition) is 3. The second-order valence-corrected chi connectivity index (χ2v) is 2.27. The van der Waals surface area contributed by atoms with Gasteiger partial charge in [-0.2, -0.15) is 5.10 Å². The smallest absolute Gasteiger partial charge is 0.279 e. The molecule has 0 amide bonds. The Morgan fingerprint density at radius 1 is 1.64 bits per heavy atom. The van der Waals surface area contributed by atoms with Crippen LogP contribution in [0.1, 0.15) is 0 Å². The zero-order valence-corrected chi connectivity index (χ0v) is 5.90. The summed E-state index contributed by atoms with van der Waals surface area (Å²) in [5, 5.41) is 3.92. The number of aromatic amines is 1. The second kappa shape index (κ2) is 1.91. The molecule has 5 nitrogen and oxygen atoms in total. The molecular formula is C6H6N4O. The third-order valence-corrected chi connectivity index (χ3v) is 1.42. The van der Waals surface area contributed by atoms with Gasteiger partial charge in [0, 0.05) is 7.05 Å². The topological polar surface area (TPSA) is 63.6 Å². The molecule has 5 heteroatoms. The molecule has 0 aromatic carbocycles. The first-order valence-corrected chi connectivity index (χ1v) is 3.14. The summed E-state index contributed by atoms with van der Waals surface area (Å²) in [5.41, 5.74) is 0.807. The number of rotatable bonds is 0.